The molecule has 1 aliphatic heterocycles. The topological polar surface area (TPSA) is 62.1 Å². The highest BCUT2D eigenvalue weighted by Gasteiger charge is 2.23. The van der Waals surface area contributed by atoms with Crippen molar-refractivity contribution in [1.82, 2.24) is 24.6 Å². The van der Waals surface area contributed by atoms with Crippen LogP contribution in [0.2, 0.25) is 0 Å². The van der Waals surface area contributed by atoms with Crippen molar-refractivity contribution in [2.75, 3.05) is 11.4 Å². The quantitative estimate of drug-likeness (QED) is 0.616. The van der Waals surface area contributed by atoms with Gasteiger partial charge in [0.15, 0.2) is 0 Å². The number of halogens is 1. The number of hydrogen-bond acceptors (Lipinski definition) is 4. The van der Waals surface area contributed by atoms with E-state index in [1.807, 2.05) is 6.07 Å². The molecule has 4 heterocycles. The van der Waals surface area contributed by atoms with Crippen LogP contribution < -0.4 is 4.90 Å². The molecule has 132 valence electrons. The van der Waals surface area contributed by atoms with Crippen molar-refractivity contribution in [3.05, 3.63) is 53.4 Å². The minimum atomic E-state index is -0.204. The van der Waals surface area contributed by atoms with Gasteiger partial charge >= 0.3 is 0 Å². The third-order valence-corrected chi connectivity index (χ3v) is 5.05. The summed E-state index contributed by atoms with van der Waals surface area (Å²) >= 11 is 0. The van der Waals surface area contributed by atoms with Crippen LogP contribution in [-0.4, -0.2) is 31.1 Å². The Morgan fingerprint density at radius 3 is 3.08 bits per heavy atom. The molecule has 26 heavy (non-hydrogen) atoms. The average molecular weight is 350 g/mol. The lowest BCUT2D eigenvalue weighted by molar-refractivity contribution is 0.629. The van der Waals surface area contributed by atoms with E-state index in [0.29, 0.717) is 12.3 Å². The first-order valence-corrected chi connectivity index (χ1v) is 8.96. The van der Waals surface area contributed by atoms with Crippen LogP contribution in [0.3, 0.4) is 0 Å². The van der Waals surface area contributed by atoms with Crippen molar-refractivity contribution in [1.29, 1.82) is 0 Å². The predicted octanol–water partition coefficient (Wildman–Crippen LogP) is 3.26. The second-order valence-electron chi connectivity index (χ2n) is 6.77. The monoisotopic (exact) mass is 350 g/mol. The zero-order chi connectivity index (χ0) is 17.7. The molecule has 0 spiro atoms. The molecule has 0 unspecified atom stereocenters. The number of aromatic nitrogens is 5. The summed E-state index contributed by atoms with van der Waals surface area (Å²) in [4.78, 5) is 14.6. The van der Waals surface area contributed by atoms with Gasteiger partial charge in [0.05, 0.1) is 0 Å². The summed E-state index contributed by atoms with van der Waals surface area (Å²) in [5.74, 6) is 1.42. The van der Waals surface area contributed by atoms with E-state index in [4.69, 9.17) is 0 Å². The van der Waals surface area contributed by atoms with Crippen LogP contribution in [0.4, 0.5) is 10.2 Å². The first-order valence-electron chi connectivity index (χ1n) is 8.96. The number of nitrogens with zero attached hydrogens (tertiary/aromatic N) is 5. The van der Waals surface area contributed by atoms with Crippen LogP contribution >= 0.6 is 0 Å². The Kier molecular flexibility index (Phi) is 3.41. The Bertz CT molecular complexity index is 1110. The second-order valence-corrected chi connectivity index (χ2v) is 6.77. The van der Waals surface area contributed by atoms with E-state index < -0.39 is 0 Å². The zero-order valence-corrected chi connectivity index (χ0v) is 14.5. The van der Waals surface area contributed by atoms with Crippen LogP contribution in [0, 0.1) is 5.82 Å². The molecule has 7 heteroatoms. The predicted molar refractivity (Wildman–Crippen MR) is 97.8 cm³/mol. The Labute approximate surface area is 149 Å². The molecule has 3 aromatic heterocycles. The highest BCUT2D eigenvalue weighted by molar-refractivity contribution is 5.85. The van der Waals surface area contributed by atoms with Gasteiger partial charge in [-0.05, 0) is 24.6 Å². The summed E-state index contributed by atoms with van der Waals surface area (Å²) in [6, 6.07) is 7.04. The maximum Gasteiger partial charge on any atom is 0.254 e. The molecular formula is C19H19FN6. The highest BCUT2D eigenvalue weighted by atomic mass is 19.1. The number of aryl methyl sites for hydroxylation is 1. The SMILES string of the molecule is CCCc1cc(N2CCc3[nH]c4ccc(F)cc4c3C2)n2ncnc2n1. The van der Waals surface area contributed by atoms with E-state index in [2.05, 4.69) is 37.9 Å². The van der Waals surface area contributed by atoms with E-state index in [0.717, 1.165) is 53.8 Å². The van der Waals surface area contributed by atoms with E-state index >= 15 is 0 Å². The Morgan fingerprint density at radius 1 is 1.27 bits per heavy atom. The third-order valence-electron chi connectivity index (χ3n) is 5.05. The van der Waals surface area contributed by atoms with Crippen molar-refractivity contribution in [2.45, 2.75) is 32.7 Å². The maximum absolute atomic E-state index is 13.8. The van der Waals surface area contributed by atoms with Gasteiger partial charge in [0, 0.05) is 53.4 Å². The fourth-order valence-corrected chi connectivity index (χ4v) is 3.84. The van der Waals surface area contributed by atoms with Gasteiger partial charge < -0.3 is 9.88 Å². The van der Waals surface area contributed by atoms with Gasteiger partial charge in [-0.1, -0.05) is 13.3 Å². The zero-order valence-electron chi connectivity index (χ0n) is 14.5. The molecule has 0 amide bonds. The molecule has 4 aromatic rings. The Morgan fingerprint density at radius 2 is 2.19 bits per heavy atom. The molecule has 0 saturated carbocycles. The number of fused-ring (bicyclic) bond motifs is 4. The van der Waals surface area contributed by atoms with Crippen LogP contribution in [0.15, 0.2) is 30.6 Å². The van der Waals surface area contributed by atoms with E-state index in [9.17, 15) is 4.39 Å². The summed E-state index contributed by atoms with van der Waals surface area (Å²) in [5.41, 5.74) is 4.37. The van der Waals surface area contributed by atoms with Crippen LogP contribution in [-0.2, 0) is 19.4 Å². The van der Waals surface area contributed by atoms with Gasteiger partial charge in [0.2, 0.25) is 0 Å². The van der Waals surface area contributed by atoms with Gasteiger partial charge in [-0.2, -0.15) is 14.6 Å². The standard InChI is InChI=1S/C19H19FN6/c1-2-3-13-9-18(26-19(23-13)21-11-22-26)25-7-6-17-15(10-25)14-8-12(20)4-5-16(14)24-17/h4-5,8-9,11,24H,2-3,6-7,10H2,1H3. The number of H-pyrrole nitrogens is 1. The van der Waals surface area contributed by atoms with Crippen LogP contribution in [0.5, 0.6) is 0 Å². The van der Waals surface area contributed by atoms with E-state index in [-0.39, 0.29) is 5.82 Å². The summed E-state index contributed by atoms with van der Waals surface area (Å²) < 4.78 is 15.5. The first kappa shape index (κ1) is 15.3. The van der Waals surface area contributed by atoms with Crippen LogP contribution in [0.25, 0.3) is 16.7 Å². The molecule has 0 atom stereocenters. The van der Waals surface area contributed by atoms with Crippen molar-refractivity contribution in [3.63, 3.8) is 0 Å². The van der Waals surface area contributed by atoms with E-state index in [1.165, 1.54) is 18.1 Å². The van der Waals surface area contributed by atoms with Gasteiger partial charge in [-0.25, -0.2) is 9.37 Å². The van der Waals surface area contributed by atoms with Gasteiger partial charge in [-0.15, -0.1) is 0 Å². The fourth-order valence-electron chi connectivity index (χ4n) is 3.84. The van der Waals surface area contributed by atoms with Gasteiger partial charge in [0.1, 0.15) is 18.0 Å². The molecule has 6 nitrogen and oxygen atoms in total. The first-order chi connectivity index (χ1) is 12.7. The second kappa shape index (κ2) is 5.79. The van der Waals surface area contributed by atoms with Crippen molar-refractivity contribution < 1.29 is 4.39 Å². The minimum absolute atomic E-state index is 0.204. The lowest BCUT2D eigenvalue weighted by atomic mass is 10.0. The molecule has 0 fully saturated rings. The Balaban J connectivity index is 1.60. The van der Waals surface area contributed by atoms with E-state index in [1.54, 1.807) is 10.6 Å². The molecule has 0 saturated heterocycles. The number of hydrogen-bond donors (Lipinski definition) is 1. The normalized spacial score (nSPS) is 14.3. The smallest absolute Gasteiger partial charge is 0.254 e. The summed E-state index contributed by atoms with van der Waals surface area (Å²) in [7, 11) is 0. The third kappa shape index (κ3) is 2.34. The number of aromatic amines is 1. The van der Waals surface area contributed by atoms with Crippen molar-refractivity contribution in [3.8, 4) is 0 Å². The molecule has 1 N–H and O–H groups in total. The molecule has 1 aliphatic rings. The molecule has 0 radical (unpaired) electrons. The Hall–Kier alpha value is -2.96. The summed E-state index contributed by atoms with van der Waals surface area (Å²) in [6.45, 7) is 3.72. The van der Waals surface area contributed by atoms with Gasteiger partial charge in [-0.3, -0.25) is 0 Å². The maximum atomic E-state index is 13.8. The highest BCUT2D eigenvalue weighted by Crippen LogP contribution is 2.31. The number of benzene rings is 1. The van der Waals surface area contributed by atoms with Gasteiger partial charge in [0.25, 0.3) is 5.78 Å². The summed E-state index contributed by atoms with van der Waals surface area (Å²) in [5, 5.41) is 5.31. The molecule has 1 aromatic carbocycles. The largest absolute Gasteiger partial charge is 0.358 e. The minimum Gasteiger partial charge on any atom is -0.358 e. The molecule has 0 aliphatic carbocycles. The molecular weight excluding hydrogens is 331 g/mol. The lowest BCUT2D eigenvalue weighted by Crippen LogP contribution is -2.32. The summed E-state index contributed by atoms with van der Waals surface area (Å²) in [6.07, 6.45) is 4.36. The number of rotatable bonds is 3. The average Bonchev–Trinajstić information content (AvgIpc) is 3.25. The van der Waals surface area contributed by atoms with Crippen molar-refractivity contribution >= 4 is 22.5 Å². The van der Waals surface area contributed by atoms with Crippen LogP contribution in [0.1, 0.15) is 30.3 Å². The molecule has 5 rings (SSSR count). The fraction of sp³-hybridized carbons (Fsp3) is 0.316. The number of anilines is 1. The number of nitrogens with one attached hydrogen (secondary N) is 1. The lowest BCUT2D eigenvalue weighted by Gasteiger charge is -2.29. The molecule has 0 bridgehead atoms. The van der Waals surface area contributed by atoms with Crippen molar-refractivity contribution in [2.24, 2.45) is 0 Å².